The van der Waals surface area contributed by atoms with Crippen LogP contribution in [0.2, 0.25) is 5.02 Å². The summed E-state index contributed by atoms with van der Waals surface area (Å²) in [5.41, 5.74) is 8.11. The summed E-state index contributed by atoms with van der Waals surface area (Å²) in [7, 11) is 0. The first kappa shape index (κ1) is 14.3. The minimum absolute atomic E-state index is 0.316. The minimum atomic E-state index is 0.316. The molecule has 2 aromatic rings. The third-order valence-corrected chi connectivity index (χ3v) is 4.03. The number of hydrogen-bond acceptors (Lipinski definition) is 4. The largest absolute Gasteiger partial charge is 0.341 e. The van der Waals surface area contributed by atoms with Crippen molar-refractivity contribution in [3.05, 3.63) is 52.8 Å². The maximum absolute atomic E-state index is 6.02. The van der Waals surface area contributed by atoms with Crippen LogP contribution in [-0.4, -0.2) is 29.1 Å². The standard InChI is InChI=1S/C16H19ClN4/c17-13-3-1-2-12(10-13)11-15-4-7-19-16(20-15)21-8-5-14(18)6-9-21/h1-4,7,10,14H,5-6,8-9,11,18H2. The molecule has 21 heavy (non-hydrogen) atoms. The predicted octanol–water partition coefficient (Wildman–Crippen LogP) is 2.65. The van der Waals surface area contributed by atoms with Gasteiger partial charge in [0.25, 0.3) is 0 Å². The summed E-state index contributed by atoms with van der Waals surface area (Å²) in [4.78, 5) is 11.3. The molecule has 0 radical (unpaired) electrons. The zero-order valence-corrected chi connectivity index (χ0v) is 12.6. The van der Waals surface area contributed by atoms with Crippen LogP contribution in [0.3, 0.4) is 0 Å². The molecule has 0 aliphatic carbocycles. The fourth-order valence-corrected chi connectivity index (χ4v) is 2.80. The number of hydrogen-bond donors (Lipinski definition) is 1. The number of nitrogens with two attached hydrogens (primary N) is 1. The Bertz CT molecular complexity index is 609. The molecule has 5 heteroatoms. The Labute approximate surface area is 130 Å². The monoisotopic (exact) mass is 302 g/mol. The summed E-state index contributed by atoms with van der Waals surface area (Å²) in [6.07, 6.45) is 4.60. The van der Waals surface area contributed by atoms with Crippen molar-refractivity contribution < 1.29 is 0 Å². The van der Waals surface area contributed by atoms with Crippen molar-refractivity contribution in [2.75, 3.05) is 18.0 Å². The van der Waals surface area contributed by atoms with Gasteiger partial charge in [-0.05, 0) is 36.6 Å². The van der Waals surface area contributed by atoms with E-state index >= 15 is 0 Å². The molecule has 1 aromatic carbocycles. The molecule has 1 aliphatic heterocycles. The number of anilines is 1. The summed E-state index contributed by atoms with van der Waals surface area (Å²) in [6.45, 7) is 1.86. The Balaban J connectivity index is 1.74. The van der Waals surface area contributed by atoms with E-state index in [4.69, 9.17) is 17.3 Å². The van der Waals surface area contributed by atoms with Gasteiger partial charge in [-0.25, -0.2) is 9.97 Å². The first-order valence-corrected chi connectivity index (χ1v) is 7.65. The number of aromatic nitrogens is 2. The lowest BCUT2D eigenvalue weighted by Gasteiger charge is -2.30. The van der Waals surface area contributed by atoms with Gasteiger partial charge in [-0.1, -0.05) is 23.7 Å². The highest BCUT2D eigenvalue weighted by atomic mass is 35.5. The quantitative estimate of drug-likeness (QED) is 0.947. The van der Waals surface area contributed by atoms with E-state index < -0.39 is 0 Å². The number of halogens is 1. The van der Waals surface area contributed by atoms with Crippen LogP contribution in [0.4, 0.5) is 5.95 Å². The van der Waals surface area contributed by atoms with Gasteiger partial charge in [0.1, 0.15) is 0 Å². The normalized spacial score (nSPS) is 16.2. The number of piperidine rings is 1. The summed E-state index contributed by atoms with van der Waals surface area (Å²) < 4.78 is 0. The van der Waals surface area contributed by atoms with E-state index in [1.54, 1.807) is 0 Å². The van der Waals surface area contributed by atoms with Gasteiger partial charge < -0.3 is 10.6 Å². The van der Waals surface area contributed by atoms with Crippen molar-refractivity contribution in [1.29, 1.82) is 0 Å². The van der Waals surface area contributed by atoms with Crippen LogP contribution in [0.5, 0.6) is 0 Å². The van der Waals surface area contributed by atoms with Crippen LogP contribution < -0.4 is 10.6 Å². The molecule has 110 valence electrons. The van der Waals surface area contributed by atoms with Crippen molar-refractivity contribution >= 4 is 17.5 Å². The molecule has 4 nitrogen and oxygen atoms in total. The summed E-state index contributed by atoms with van der Waals surface area (Å²) in [5, 5.41) is 0.756. The number of nitrogens with zero attached hydrogens (tertiary/aromatic N) is 3. The fourth-order valence-electron chi connectivity index (χ4n) is 2.59. The van der Waals surface area contributed by atoms with E-state index in [1.807, 2.05) is 30.5 Å². The van der Waals surface area contributed by atoms with E-state index in [-0.39, 0.29) is 0 Å². The lowest BCUT2D eigenvalue weighted by atomic mass is 10.1. The highest BCUT2D eigenvalue weighted by Gasteiger charge is 2.18. The van der Waals surface area contributed by atoms with E-state index in [1.165, 1.54) is 0 Å². The SMILES string of the molecule is NC1CCN(c2nccc(Cc3cccc(Cl)c3)n2)CC1. The number of rotatable bonds is 3. The van der Waals surface area contributed by atoms with Gasteiger partial charge in [-0.3, -0.25) is 0 Å². The topological polar surface area (TPSA) is 55.0 Å². The molecule has 0 bridgehead atoms. The van der Waals surface area contributed by atoms with E-state index in [9.17, 15) is 0 Å². The molecule has 2 N–H and O–H groups in total. The maximum atomic E-state index is 6.02. The highest BCUT2D eigenvalue weighted by Crippen LogP contribution is 2.17. The molecule has 2 heterocycles. The van der Waals surface area contributed by atoms with Gasteiger partial charge in [-0.2, -0.15) is 0 Å². The fraction of sp³-hybridized carbons (Fsp3) is 0.375. The molecule has 3 rings (SSSR count). The Morgan fingerprint density at radius 1 is 1.24 bits per heavy atom. The van der Waals surface area contributed by atoms with Crippen molar-refractivity contribution in [2.24, 2.45) is 5.73 Å². The van der Waals surface area contributed by atoms with Crippen LogP contribution in [0, 0.1) is 0 Å². The van der Waals surface area contributed by atoms with E-state index in [2.05, 4.69) is 20.9 Å². The molecule has 1 aliphatic rings. The summed E-state index contributed by atoms with van der Waals surface area (Å²) in [6, 6.07) is 10.2. The van der Waals surface area contributed by atoms with Crippen LogP contribution >= 0.6 is 11.6 Å². The molecule has 0 amide bonds. The Morgan fingerprint density at radius 3 is 2.81 bits per heavy atom. The van der Waals surface area contributed by atoms with E-state index in [0.29, 0.717) is 6.04 Å². The molecule has 0 unspecified atom stereocenters. The molecule has 0 saturated carbocycles. The van der Waals surface area contributed by atoms with Crippen molar-refractivity contribution in [1.82, 2.24) is 9.97 Å². The van der Waals surface area contributed by atoms with Gasteiger partial charge in [-0.15, -0.1) is 0 Å². The Morgan fingerprint density at radius 2 is 2.05 bits per heavy atom. The maximum Gasteiger partial charge on any atom is 0.225 e. The third-order valence-electron chi connectivity index (χ3n) is 3.80. The lowest BCUT2D eigenvalue weighted by molar-refractivity contribution is 0.495. The van der Waals surface area contributed by atoms with Gasteiger partial charge in [0.2, 0.25) is 5.95 Å². The third kappa shape index (κ3) is 3.71. The van der Waals surface area contributed by atoms with Gasteiger partial charge in [0, 0.05) is 36.8 Å². The lowest BCUT2D eigenvalue weighted by Crippen LogP contribution is -2.40. The molecule has 0 spiro atoms. The molecule has 0 atom stereocenters. The second-order valence-electron chi connectivity index (χ2n) is 5.48. The number of benzene rings is 1. The molecule has 1 fully saturated rings. The van der Waals surface area contributed by atoms with E-state index in [0.717, 1.165) is 54.6 Å². The molecule has 1 aromatic heterocycles. The predicted molar refractivity (Wildman–Crippen MR) is 85.7 cm³/mol. The smallest absolute Gasteiger partial charge is 0.225 e. The van der Waals surface area contributed by atoms with Crippen molar-refractivity contribution in [3.8, 4) is 0 Å². The van der Waals surface area contributed by atoms with Crippen molar-refractivity contribution in [2.45, 2.75) is 25.3 Å². The van der Waals surface area contributed by atoms with Gasteiger partial charge in [0.15, 0.2) is 0 Å². The average Bonchev–Trinajstić information content (AvgIpc) is 2.48. The first-order valence-electron chi connectivity index (χ1n) is 7.27. The Kier molecular flexibility index (Phi) is 4.36. The van der Waals surface area contributed by atoms with Gasteiger partial charge >= 0.3 is 0 Å². The average molecular weight is 303 g/mol. The molecule has 1 saturated heterocycles. The minimum Gasteiger partial charge on any atom is -0.341 e. The second-order valence-corrected chi connectivity index (χ2v) is 5.92. The zero-order valence-electron chi connectivity index (χ0n) is 11.9. The zero-order chi connectivity index (χ0) is 14.7. The van der Waals surface area contributed by atoms with Gasteiger partial charge in [0.05, 0.1) is 5.69 Å². The van der Waals surface area contributed by atoms with Crippen LogP contribution in [0.1, 0.15) is 24.1 Å². The highest BCUT2D eigenvalue weighted by molar-refractivity contribution is 6.30. The van der Waals surface area contributed by atoms with Crippen molar-refractivity contribution in [3.63, 3.8) is 0 Å². The molecular weight excluding hydrogens is 284 g/mol. The van der Waals surface area contributed by atoms with Crippen LogP contribution in [0.25, 0.3) is 0 Å². The second kappa shape index (κ2) is 6.41. The first-order chi connectivity index (χ1) is 10.2. The van der Waals surface area contributed by atoms with Crippen LogP contribution in [-0.2, 0) is 6.42 Å². The summed E-state index contributed by atoms with van der Waals surface area (Å²) >= 11 is 6.02. The Hall–Kier alpha value is -1.65. The summed E-state index contributed by atoms with van der Waals surface area (Å²) in [5.74, 6) is 0.807. The van der Waals surface area contributed by atoms with Crippen LogP contribution in [0.15, 0.2) is 36.5 Å². The molecular formula is C16H19ClN4.